The highest BCUT2D eigenvalue weighted by Gasteiger charge is 2.12. The lowest BCUT2D eigenvalue weighted by atomic mass is 10.1. The molecular formula is C10H14N2O3. The predicted octanol–water partition coefficient (Wildman–Crippen LogP) is -0.177. The molecule has 0 aromatic carbocycles. The summed E-state index contributed by atoms with van der Waals surface area (Å²) in [6.45, 7) is 2.41. The molecule has 0 saturated heterocycles. The molecule has 1 unspecified atom stereocenters. The molecule has 0 bridgehead atoms. The van der Waals surface area contributed by atoms with Gasteiger partial charge in [0.15, 0.2) is 0 Å². The summed E-state index contributed by atoms with van der Waals surface area (Å²) >= 11 is 0. The summed E-state index contributed by atoms with van der Waals surface area (Å²) in [5.41, 5.74) is 6.05. The molecule has 0 radical (unpaired) electrons. The van der Waals surface area contributed by atoms with Crippen LogP contribution in [0.1, 0.15) is 12.5 Å². The van der Waals surface area contributed by atoms with Crippen LogP contribution in [0.2, 0.25) is 0 Å². The van der Waals surface area contributed by atoms with Crippen molar-refractivity contribution in [2.24, 2.45) is 5.73 Å². The summed E-state index contributed by atoms with van der Waals surface area (Å²) < 4.78 is 1.52. The number of carboxylic acid groups (broad SMARTS) is 1. The summed E-state index contributed by atoms with van der Waals surface area (Å²) in [6, 6.07) is 2.11. The highest BCUT2D eigenvalue weighted by molar-refractivity contribution is 5.73. The van der Waals surface area contributed by atoms with E-state index in [1.54, 1.807) is 12.3 Å². The van der Waals surface area contributed by atoms with E-state index in [1.165, 1.54) is 10.6 Å². The van der Waals surface area contributed by atoms with Gasteiger partial charge in [-0.2, -0.15) is 0 Å². The van der Waals surface area contributed by atoms with Crippen LogP contribution in [0.3, 0.4) is 0 Å². The van der Waals surface area contributed by atoms with Gasteiger partial charge in [0.2, 0.25) is 0 Å². The van der Waals surface area contributed by atoms with Crippen molar-refractivity contribution < 1.29 is 9.90 Å². The molecule has 1 atom stereocenters. The maximum absolute atomic E-state index is 11.2. The van der Waals surface area contributed by atoms with Crippen molar-refractivity contribution in [1.29, 1.82) is 0 Å². The first kappa shape index (κ1) is 11.5. The molecule has 1 rings (SSSR count). The van der Waals surface area contributed by atoms with E-state index in [4.69, 9.17) is 10.8 Å². The second kappa shape index (κ2) is 4.75. The molecule has 0 aliphatic carbocycles. The Balaban J connectivity index is 2.87. The summed E-state index contributed by atoms with van der Waals surface area (Å²) in [4.78, 5) is 21.8. The van der Waals surface area contributed by atoms with E-state index in [0.29, 0.717) is 6.54 Å². The summed E-state index contributed by atoms with van der Waals surface area (Å²) in [5.74, 6) is -1.04. The van der Waals surface area contributed by atoms with Crippen molar-refractivity contribution in [2.75, 3.05) is 0 Å². The van der Waals surface area contributed by atoms with Crippen LogP contribution in [0.4, 0.5) is 0 Å². The Morgan fingerprint density at radius 1 is 1.60 bits per heavy atom. The van der Waals surface area contributed by atoms with Crippen molar-refractivity contribution >= 4 is 5.97 Å². The Bertz CT molecular complexity index is 411. The topological polar surface area (TPSA) is 85.3 Å². The van der Waals surface area contributed by atoms with Crippen molar-refractivity contribution in [2.45, 2.75) is 25.9 Å². The third-order valence-electron chi connectivity index (χ3n) is 2.16. The second-order valence-corrected chi connectivity index (χ2v) is 3.31. The standard InChI is InChI=1S/C10H14N2O3/c1-2-12-6-7(3-4-9(12)13)5-8(11)10(14)15/h3-4,6,8H,2,5,11H2,1H3,(H,14,15). The average molecular weight is 210 g/mol. The average Bonchev–Trinajstić information content (AvgIpc) is 2.20. The zero-order valence-corrected chi connectivity index (χ0v) is 8.51. The summed E-state index contributed by atoms with van der Waals surface area (Å²) in [6.07, 6.45) is 1.88. The fraction of sp³-hybridized carbons (Fsp3) is 0.400. The number of hydrogen-bond acceptors (Lipinski definition) is 3. The first-order chi connectivity index (χ1) is 7.04. The number of nitrogens with two attached hydrogens (primary N) is 1. The highest BCUT2D eigenvalue weighted by atomic mass is 16.4. The molecule has 0 aliphatic heterocycles. The minimum atomic E-state index is -1.04. The monoisotopic (exact) mass is 210 g/mol. The molecule has 0 amide bonds. The van der Waals surface area contributed by atoms with Crippen LogP contribution in [0.15, 0.2) is 23.1 Å². The largest absolute Gasteiger partial charge is 0.480 e. The number of carboxylic acids is 1. The Hall–Kier alpha value is -1.62. The predicted molar refractivity (Wildman–Crippen MR) is 55.7 cm³/mol. The van der Waals surface area contributed by atoms with E-state index in [0.717, 1.165) is 5.56 Å². The first-order valence-electron chi connectivity index (χ1n) is 4.72. The lowest BCUT2D eigenvalue weighted by Gasteiger charge is -2.08. The number of hydrogen-bond donors (Lipinski definition) is 2. The van der Waals surface area contributed by atoms with E-state index in [2.05, 4.69) is 0 Å². The van der Waals surface area contributed by atoms with Crippen LogP contribution in [-0.2, 0) is 17.8 Å². The fourth-order valence-corrected chi connectivity index (χ4v) is 1.29. The zero-order chi connectivity index (χ0) is 11.4. The molecule has 1 aromatic heterocycles. The van der Waals surface area contributed by atoms with Gasteiger partial charge in [-0.25, -0.2) is 0 Å². The number of aromatic nitrogens is 1. The molecule has 5 nitrogen and oxygen atoms in total. The van der Waals surface area contributed by atoms with Gasteiger partial charge in [-0.05, 0) is 18.9 Å². The quantitative estimate of drug-likeness (QED) is 0.722. The smallest absolute Gasteiger partial charge is 0.320 e. The van der Waals surface area contributed by atoms with E-state index >= 15 is 0 Å². The Kier molecular flexibility index (Phi) is 3.62. The Morgan fingerprint density at radius 2 is 2.27 bits per heavy atom. The molecule has 1 heterocycles. The van der Waals surface area contributed by atoms with Crippen molar-refractivity contribution in [3.63, 3.8) is 0 Å². The number of rotatable bonds is 4. The summed E-state index contributed by atoms with van der Waals surface area (Å²) in [7, 11) is 0. The second-order valence-electron chi connectivity index (χ2n) is 3.31. The number of aryl methyl sites for hydroxylation is 1. The van der Waals surface area contributed by atoms with E-state index in [9.17, 15) is 9.59 Å². The molecule has 82 valence electrons. The van der Waals surface area contributed by atoms with Gasteiger partial charge < -0.3 is 15.4 Å². The third-order valence-corrected chi connectivity index (χ3v) is 2.16. The fourth-order valence-electron chi connectivity index (χ4n) is 1.29. The molecule has 1 aromatic rings. The van der Waals surface area contributed by atoms with Crippen LogP contribution < -0.4 is 11.3 Å². The van der Waals surface area contributed by atoms with Gasteiger partial charge in [0.1, 0.15) is 6.04 Å². The maximum atomic E-state index is 11.2. The number of nitrogens with zero attached hydrogens (tertiary/aromatic N) is 1. The normalized spacial score (nSPS) is 12.4. The van der Waals surface area contributed by atoms with E-state index < -0.39 is 12.0 Å². The lowest BCUT2D eigenvalue weighted by molar-refractivity contribution is -0.138. The van der Waals surface area contributed by atoms with Gasteiger partial charge in [0.25, 0.3) is 5.56 Å². The minimum absolute atomic E-state index is 0.0925. The summed E-state index contributed by atoms with van der Waals surface area (Å²) in [5, 5.41) is 8.63. The van der Waals surface area contributed by atoms with Gasteiger partial charge in [-0.1, -0.05) is 6.07 Å². The van der Waals surface area contributed by atoms with E-state index in [-0.39, 0.29) is 12.0 Å². The van der Waals surface area contributed by atoms with Crippen molar-refractivity contribution in [1.82, 2.24) is 4.57 Å². The first-order valence-corrected chi connectivity index (χ1v) is 4.72. The molecular weight excluding hydrogens is 196 g/mol. The third kappa shape index (κ3) is 2.92. The zero-order valence-electron chi connectivity index (χ0n) is 8.51. The van der Waals surface area contributed by atoms with Gasteiger partial charge in [0.05, 0.1) is 0 Å². The lowest BCUT2D eigenvalue weighted by Crippen LogP contribution is -2.32. The SMILES string of the molecule is CCn1cc(CC(N)C(=O)O)ccc1=O. The molecule has 3 N–H and O–H groups in total. The van der Waals surface area contributed by atoms with Crippen molar-refractivity contribution in [3.8, 4) is 0 Å². The van der Waals surface area contributed by atoms with Crippen LogP contribution >= 0.6 is 0 Å². The molecule has 0 spiro atoms. The molecule has 0 saturated carbocycles. The van der Waals surface area contributed by atoms with Crippen LogP contribution in [0.25, 0.3) is 0 Å². The number of carbonyl (C=O) groups is 1. The molecule has 0 aliphatic rings. The number of aliphatic carboxylic acids is 1. The number of pyridine rings is 1. The minimum Gasteiger partial charge on any atom is -0.480 e. The maximum Gasteiger partial charge on any atom is 0.320 e. The molecule has 5 heteroatoms. The van der Waals surface area contributed by atoms with E-state index in [1.807, 2.05) is 6.92 Å². The van der Waals surface area contributed by atoms with Crippen LogP contribution in [0.5, 0.6) is 0 Å². The highest BCUT2D eigenvalue weighted by Crippen LogP contribution is 2.00. The van der Waals surface area contributed by atoms with Gasteiger partial charge >= 0.3 is 5.97 Å². The van der Waals surface area contributed by atoms with Gasteiger partial charge in [0, 0.05) is 18.8 Å². The van der Waals surface area contributed by atoms with Gasteiger partial charge in [-0.3, -0.25) is 9.59 Å². The molecule has 0 fully saturated rings. The molecule has 15 heavy (non-hydrogen) atoms. The Labute approximate surface area is 87.1 Å². The van der Waals surface area contributed by atoms with Crippen LogP contribution in [0, 0.1) is 0 Å². The van der Waals surface area contributed by atoms with Crippen LogP contribution in [-0.4, -0.2) is 21.7 Å². The van der Waals surface area contributed by atoms with Crippen molar-refractivity contribution in [3.05, 3.63) is 34.2 Å². The Morgan fingerprint density at radius 3 is 2.80 bits per heavy atom. The van der Waals surface area contributed by atoms with Gasteiger partial charge in [-0.15, -0.1) is 0 Å².